The smallest absolute Gasteiger partial charge is 0.166 e. The van der Waals surface area contributed by atoms with Crippen molar-refractivity contribution in [2.75, 3.05) is 6.54 Å². The largest absolute Gasteiger partial charge is 0.363 e. The van der Waals surface area contributed by atoms with Gasteiger partial charge in [0.25, 0.3) is 0 Å². The van der Waals surface area contributed by atoms with E-state index in [9.17, 15) is 0 Å². The zero-order valence-electron chi connectivity index (χ0n) is 8.76. The van der Waals surface area contributed by atoms with Gasteiger partial charge in [0.15, 0.2) is 5.11 Å². The molecule has 1 aromatic heterocycles. The Bertz CT molecular complexity index is 307. The van der Waals surface area contributed by atoms with Gasteiger partial charge >= 0.3 is 0 Å². The Balaban J connectivity index is 2.50. The van der Waals surface area contributed by atoms with Crippen LogP contribution in [0.25, 0.3) is 0 Å². The van der Waals surface area contributed by atoms with Crippen LogP contribution in [-0.2, 0) is 0 Å². The summed E-state index contributed by atoms with van der Waals surface area (Å²) in [7, 11) is 0. The first-order chi connectivity index (χ1) is 6.63. The minimum atomic E-state index is 0.292. The minimum Gasteiger partial charge on any atom is -0.363 e. The van der Waals surface area contributed by atoms with Crippen molar-refractivity contribution in [3.8, 4) is 0 Å². The molecular formula is C10H16N2S2. The van der Waals surface area contributed by atoms with E-state index in [0.29, 0.717) is 6.04 Å². The molecule has 14 heavy (non-hydrogen) atoms. The van der Waals surface area contributed by atoms with E-state index in [1.165, 1.54) is 9.75 Å². The van der Waals surface area contributed by atoms with Crippen molar-refractivity contribution in [3.05, 3.63) is 21.9 Å². The first-order valence-electron chi connectivity index (χ1n) is 4.74. The molecule has 2 nitrogen and oxygen atoms in total. The molecule has 78 valence electrons. The van der Waals surface area contributed by atoms with Crippen LogP contribution in [0.4, 0.5) is 0 Å². The molecule has 1 atom stereocenters. The Kier molecular flexibility index (Phi) is 4.35. The van der Waals surface area contributed by atoms with E-state index in [0.717, 1.165) is 11.7 Å². The van der Waals surface area contributed by atoms with E-state index in [1.54, 1.807) is 11.3 Å². The minimum absolute atomic E-state index is 0.292. The van der Waals surface area contributed by atoms with Crippen molar-refractivity contribution < 1.29 is 0 Å². The van der Waals surface area contributed by atoms with Crippen LogP contribution < -0.4 is 10.6 Å². The average Bonchev–Trinajstić information content (AvgIpc) is 2.52. The van der Waals surface area contributed by atoms with Crippen molar-refractivity contribution >= 4 is 28.7 Å². The number of aryl methyl sites for hydroxylation is 1. The topological polar surface area (TPSA) is 24.1 Å². The highest BCUT2D eigenvalue weighted by Gasteiger charge is 2.07. The molecule has 0 fully saturated rings. The van der Waals surface area contributed by atoms with E-state index in [2.05, 4.69) is 36.6 Å². The van der Waals surface area contributed by atoms with Gasteiger partial charge in [-0.1, -0.05) is 0 Å². The SMILES string of the molecule is CCNC(=S)NC(C)c1ccc(C)s1. The molecule has 0 aliphatic carbocycles. The number of thiophene rings is 1. The maximum Gasteiger partial charge on any atom is 0.166 e. The van der Waals surface area contributed by atoms with Crippen LogP contribution in [0.3, 0.4) is 0 Å². The number of hydrogen-bond acceptors (Lipinski definition) is 2. The summed E-state index contributed by atoms with van der Waals surface area (Å²) in [6.45, 7) is 7.13. The third-order valence-electron chi connectivity index (χ3n) is 1.87. The van der Waals surface area contributed by atoms with Crippen molar-refractivity contribution in [1.29, 1.82) is 0 Å². The molecule has 0 aliphatic heterocycles. The molecule has 0 spiro atoms. The van der Waals surface area contributed by atoms with Crippen molar-refractivity contribution in [3.63, 3.8) is 0 Å². The van der Waals surface area contributed by atoms with Crippen molar-refractivity contribution in [2.24, 2.45) is 0 Å². The Morgan fingerprint density at radius 3 is 2.79 bits per heavy atom. The number of rotatable bonds is 3. The predicted octanol–water partition coefficient (Wildman–Crippen LogP) is 2.60. The van der Waals surface area contributed by atoms with Crippen LogP contribution in [-0.4, -0.2) is 11.7 Å². The zero-order valence-corrected chi connectivity index (χ0v) is 10.4. The van der Waals surface area contributed by atoms with Crippen LogP contribution in [0.2, 0.25) is 0 Å². The normalized spacial score (nSPS) is 12.2. The molecule has 4 heteroatoms. The summed E-state index contributed by atoms with van der Waals surface area (Å²) in [5.74, 6) is 0. The summed E-state index contributed by atoms with van der Waals surface area (Å²) in [4.78, 5) is 2.66. The molecule has 1 heterocycles. The van der Waals surface area contributed by atoms with Crippen molar-refractivity contribution in [2.45, 2.75) is 26.8 Å². The summed E-state index contributed by atoms with van der Waals surface area (Å²) < 4.78 is 0. The van der Waals surface area contributed by atoms with E-state index in [-0.39, 0.29) is 0 Å². The van der Waals surface area contributed by atoms with Gasteiger partial charge in [-0.05, 0) is 45.1 Å². The molecule has 0 amide bonds. The molecule has 0 saturated heterocycles. The van der Waals surface area contributed by atoms with Gasteiger partial charge in [-0.25, -0.2) is 0 Å². The summed E-state index contributed by atoms with van der Waals surface area (Å²) in [5.41, 5.74) is 0. The van der Waals surface area contributed by atoms with Crippen LogP contribution in [0.1, 0.15) is 29.6 Å². The second-order valence-electron chi connectivity index (χ2n) is 3.17. The van der Waals surface area contributed by atoms with Crippen LogP contribution in [0, 0.1) is 6.92 Å². The fourth-order valence-corrected chi connectivity index (χ4v) is 2.37. The average molecular weight is 228 g/mol. The third-order valence-corrected chi connectivity index (χ3v) is 3.32. The van der Waals surface area contributed by atoms with Gasteiger partial charge < -0.3 is 10.6 Å². The lowest BCUT2D eigenvalue weighted by molar-refractivity contribution is 0.715. The molecule has 2 N–H and O–H groups in total. The molecule has 0 bridgehead atoms. The number of nitrogens with one attached hydrogen (secondary N) is 2. The maximum atomic E-state index is 5.12. The monoisotopic (exact) mass is 228 g/mol. The van der Waals surface area contributed by atoms with Crippen LogP contribution in [0.15, 0.2) is 12.1 Å². The van der Waals surface area contributed by atoms with Gasteiger partial charge in [0, 0.05) is 16.3 Å². The van der Waals surface area contributed by atoms with E-state index < -0.39 is 0 Å². The number of thiocarbonyl (C=S) groups is 1. The highest BCUT2D eigenvalue weighted by molar-refractivity contribution is 7.80. The van der Waals surface area contributed by atoms with Crippen LogP contribution >= 0.6 is 23.6 Å². The molecule has 1 unspecified atom stereocenters. The van der Waals surface area contributed by atoms with Gasteiger partial charge in [0.05, 0.1) is 6.04 Å². The maximum absolute atomic E-state index is 5.12. The second kappa shape index (κ2) is 5.32. The Labute approximate surface area is 94.7 Å². The molecule has 1 rings (SSSR count). The zero-order chi connectivity index (χ0) is 10.6. The van der Waals surface area contributed by atoms with E-state index in [1.807, 2.05) is 6.92 Å². The van der Waals surface area contributed by atoms with Gasteiger partial charge in [-0.2, -0.15) is 0 Å². The Hall–Kier alpha value is -0.610. The third kappa shape index (κ3) is 3.27. The molecular weight excluding hydrogens is 212 g/mol. The quantitative estimate of drug-likeness (QED) is 0.778. The lowest BCUT2D eigenvalue weighted by atomic mass is 10.3. The van der Waals surface area contributed by atoms with Gasteiger partial charge in [-0.15, -0.1) is 11.3 Å². The van der Waals surface area contributed by atoms with Crippen molar-refractivity contribution in [1.82, 2.24) is 10.6 Å². The number of hydrogen-bond donors (Lipinski definition) is 2. The van der Waals surface area contributed by atoms with Gasteiger partial charge in [-0.3, -0.25) is 0 Å². The summed E-state index contributed by atoms with van der Waals surface area (Å²) >= 11 is 6.92. The van der Waals surface area contributed by atoms with Gasteiger partial charge in [0.2, 0.25) is 0 Å². The summed E-state index contributed by atoms with van der Waals surface area (Å²) in [5, 5.41) is 7.05. The molecule has 0 aliphatic rings. The standard InChI is InChI=1S/C10H16N2S2/c1-4-11-10(13)12-8(3)9-6-5-7(2)14-9/h5-6,8H,4H2,1-3H3,(H2,11,12,13). The van der Waals surface area contributed by atoms with E-state index in [4.69, 9.17) is 12.2 Å². The predicted molar refractivity (Wildman–Crippen MR) is 66.9 cm³/mol. The van der Waals surface area contributed by atoms with Crippen LogP contribution in [0.5, 0.6) is 0 Å². The highest BCUT2D eigenvalue weighted by atomic mass is 32.1. The lowest BCUT2D eigenvalue weighted by Gasteiger charge is -2.14. The first-order valence-corrected chi connectivity index (χ1v) is 5.96. The summed E-state index contributed by atoms with van der Waals surface area (Å²) in [6.07, 6.45) is 0. The second-order valence-corrected chi connectivity index (χ2v) is 4.90. The molecule has 1 aromatic rings. The molecule has 0 saturated carbocycles. The Morgan fingerprint density at radius 2 is 2.29 bits per heavy atom. The van der Waals surface area contributed by atoms with Gasteiger partial charge in [0.1, 0.15) is 0 Å². The highest BCUT2D eigenvalue weighted by Crippen LogP contribution is 2.21. The molecule has 0 radical (unpaired) electrons. The molecule has 0 aromatic carbocycles. The fourth-order valence-electron chi connectivity index (χ4n) is 1.17. The van der Waals surface area contributed by atoms with E-state index >= 15 is 0 Å². The first kappa shape index (κ1) is 11.5. The Morgan fingerprint density at radius 1 is 1.57 bits per heavy atom. The lowest BCUT2D eigenvalue weighted by Crippen LogP contribution is -2.36. The summed E-state index contributed by atoms with van der Waals surface area (Å²) in [6, 6.07) is 4.57. The fraction of sp³-hybridized carbons (Fsp3) is 0.500.